The molecule has 2 rings (SSSR count). The van der Waals surface area contributed by atoms with Crippen LogP contribution >= 0.6 is 0 Å². The van der Waals surface area contributed by atoms with Crippen molar-refractivity contribution in [3.05, 3.63) is 35.6 Å². The number of benzene rings is 1. The quantitative estimate of drug-likeness (QED) is 0.863. The fraction of sp³-hybridized carbons (Fsp3) is 0.625. The summed E-state index contributed by atoms with van der Waals surface area (Å²) in [4.78, 5) is 0. The molecule has 0 bridgehead atoms. The van der Waals surface area contributed by atoms with Crippen LogP contribution in [0.5, 0.6) is 0 Å². The Labute approximate surface area is 110 Å². The van der Waals surface area contributed by atoms with E-state index in [2.05, 4.69) is 13.8 Å². The molecule has 1 aliphatic carbocycles. The van der Waals surface area contributed by atoms with Crippen LogP contribution in [0.25, 0.3) is 0 Å². The van der Waals surface area contributed by atoms with Gasteiger partial charge in [0.15, 0.2) is 0 Å². The van der Waals surface area contributed by atoms with Crippen molar-refractivity contribution in [2.24, 2.45) is 17.6 Å². The molecule has 0 saturated heterocycles. The van der Waals surface area contributed by atoms with Gasteiger partial charge in [-0.1, -0.05) is 31.9 Å². The van der Waals surface area contributed by atoms with Crippen molar-refractivity contribution in [2.75, 3.05) is 0 Å². The zero-order chi connectivity index (χ0) is 13.2. The second kappa shape index (κ2) is 5.40. The predicted molar refractivity (Wildman–Crippen MR) is 73.8 cm³/mol. The molecule has 1 fully saturated rings. The van der Waals surface area contributed by atoms with Crippen LogP contribution in [-0.4, -0.2) is 5.54 Å². The van der Waals surface area contributed by atoms with Gasteiger partial charge in [0, 0.05) is 5.54 Å². The van der Waals surface area contributed by atoms with Gasteiger partial charge in [-0.25, -0.2) is 4.39 Å². The standard InChI is InChI=1S/C16H24FN/c1-12-6-8-14(9-7-12)16(2,18)11-13-4-3-5-15(17)10-13/h3-5,10,12,14H,6-9,11,18H2,1-2H3. The van der Waals surface area contributed by atoms with Gasteiger partial charge in [-0.15, -0.1) is 0 Å². The van der Waals surface area contributed by atoms with Crippen molar-refractivity contribution in [2.45, 2.75) is 51.5 Å². The van der Waals surface area contributed by atoms with E-state index >= 15 is 0 Å². The Balaban J connectivity index is 2.02. The number of nitrogens with two attached hydrogens (primary N) is 1. The number of hydrogen-bond donors (Lipinski definition) is 1. The van der Waals surface area contributed by atoms with Crippen LogP contribution in [0.2, 0.25) is 0 Å². The van der Waals surface area contributed by atoms with E-state index in [4.69, 9.17) is 5.73 Å². The van der Waals surface area contributed by atoms with E-state index in [1.807, 2.05) is 6.07 Å². The predicted octanol–water partition coefficient (Wildman–Crippen LogP) is 3.91. The normalized spacial score (nSPS) is 27.8. The molecule has 1 atom stereocenters. The Kier molecular flexibility index (Phi) is 4.06. The van der Waals surface area contributed by atoms with Gasteiger partial charge in [0.1, 0.15) is 5.82 Å². The van der Waals surface area contributed by atoms with Gasteiger partial charge in [0.05, 0.1) is 0 Å². The molecule has 0 aliphatic heterocycles. The maximum Gasteiger partial charge on any atom is 0.123 e. The molecule has 1 nitrogen and oxygen atoms in total. The summed E-state index contributed by atoms with van der Waals surface area (Å²) < 4.78 is 13.2. The van der Waals surface area contributed by atoms with Crippen molar-refractivity contribution in [1.82, 2.24) is 0 Å². The minimum Gasteiger partial charge on any atom is -0.325 e. The molecule has 18 heavy (non-hydrogen) atoms. The lowest BCUT2D eigenvalue weighted by atomic mass is 9.71. The molecule has 1 aromatic rings. The molecule has 0 spiro atoms. The molecular weight excluding hydrogens is 225 g/mol. The van der Waals surface area contributed by atoms with Gasteiger partial charge in [-0.05, 0) is 55.7 Å². The van der Waals surface area contributed by atoms with Crippen LogP contribution in [0, 0.1) is 17.7 Å². The number of halogens is 1. The molecule has 0 amide bonds. The van der Waals surface area contributed by atoms with Crippen LogP contribution in [0.1, 0.15) is 45.1 Å². The lowest BCUT2D eigenvalue weighted by Gasteiger charge is -2.38. The largest absolute Gasteiger partial charge is 0.325 e. The Hall–Kier alpha value is -0.890. The van der Waals surface area contributed by atoms with Crippen molar-refractivity contribution >= 4 is 0 Å². The minimum atomic E-state index is -0.214. The van der Waals surface area contributed by atoms with Gasteiger partial charge in [-0.3, -0.25) is 0 Å². The van der Waals surface area contributed by atoms with E-state index < -0.39 is 0 Å². The zero-order valence-corrected chi connectivity index (χ0v) is 11.5. The fourth-order valence-corrected chi connectivity index (χ4v) is 3.15. The third-order valence-electron chi connectivity index (χ3n) is 4.42. The maximum absolute atomic E-state index is 13.2. The van der Waals surface area contributed by atoms with Crippen LogP contribution in [0.4, 0.5) is 4.39 Å². The molecule has 1 unspecified atom stereocenters. The van der Waals surface area contributed by atoms with Crippen LogP contribution in [0.15, 0.2) is 24.3 Å². The first kappa shape index (κ1) is 13.5. The molecular formula is C16H24FN. The molecule has 100 valence electrons. The number of rotatable bonds is 3. The summed E-state index contributed by atoms with van der Waals surface area (Å²) >= 11 is 0. The second-order valence-corrected chi connectivity index (χ2v) is 6.27. The Bertz CT molecular complexity index is 392. The molecule has 2 N–H and O–H groups in total. The van der Waals surface area contributed by atoms with Crippen LogP contribution in [0.3, 0.4) is 0 Å². The summed E-state index contributed by atoms with van der Waals surface area (Å²) in [6.45, 7) is 4.44. The molecule has 1 aliphatic rings. The van der Waals surface area contributed by atoms with Gasteiger partial charge in [0.2, 0.25) is 0 Å². The van der Waals surface area contributed by atoms with Crippen molar-refractivity contribution in [1.29, 1.82) is 0 Å². The van der Waals surface area contributed by atoms with E-state index in [0.29, 0.717) is 5.92 Å². The highest BCUT2D eigenvalue weighted by atomic mass is 19.1. The Morgan fingerprint density at radius 3 is 2.56 bits per heavy atom. The van der Waals surface area contributed by atoms with E-state index in [9.17, 15) is 4.39 Å². The molecule has 2 heteroatoms. The van der Waals surface area contributed by atoms with Gasteiger partial charge in [0.25, 0.3) is 0 Å². The Morgan fingerprint density at radius 1 is 1.28 bits per heavy atom. The van der Waals surface area contributed by atoms with E-state index in [0.717, 1.165) is 17.9 Å². The second-order valence-electron chi connectivity index (χ2n) is 6.27. The van der Waals surface area contributed by atoms with E-state index in [1.54, 1.807) is 12.1 Å². The van der Waals surface area contributed by atoms with Gasteiger partial charge < -0.3 is 5.73 Å². The SMILES string of the molecule is CC1CCC(C(C)(N)Cc2cccc(F)c2)CC1. The summed E-state index contributed by atoms with van der Waals surface area (Å²) in [7, 11) is 0. The van der Waals surface area contributed by atoms with Gasteiger partial charge in [-0.2, -0.15) is 0 Å². The molecule has 0 aromatic heterocycles. The average molecular weight is 249 g/mol. The highest BCUT2D eigenvalue weighted by Gasteiger charge is 2.32. The van der Waals surface area contributed by atoms with Crippen molar-refractivity contribution in [3.63, 3.8) is 0 Å². The summed E-state index contributed by atoms with van der Waals surface area (Å²) in [6.07, 6.45) is 5.75. The smallest absolute Gasteiger partial charge is 0.123 e. The molecule has 1 aromatic carbocycles. The fourth-order valence-electron chi connectivity index (χ4n) is 3.15. The summed E-state index contributed by atoms with van der Waals surface area (Å²) in [6, 6.07) is 6.83. The Morgan fingerprint density at radius 2 is 1.94 bits per heavy atom. The summed E-state index contributed by atoms with van der Waals surface area (Å²) in [5.41, 5.74) is 7.29. The third kappa shape index (κ3) is 3.32. The molecule has 1 saturated carbocycles. The monoisotopic (exact) mass is 249 g/mol. The first-order chi connectivity index (χ1) is 8.47. The first-order valence-corrected chi connectivity index (χ1v) is 7.01. The average Bonchev–Trinajstić information content (AvgIpc) is 2.29. The molecule has 0 radical (unpaired) electrons. The lowest BCUT2D eigenvalue weighted by Crippen LogP contribution is -2.47. The highest BCUT2D eigenvalue weighted by molar-refractivity contribution is 5.19. The lowest BCUT2D eigenvalue weighted by molar-refractivity contribution is 0.191. The zero-order valence-electron chi connectivity index (χ0n) is 11.5. The molecule has 0 heterocycles. The first-order valence-electron chi connectivity index (χ1n) is 7.01. The van der Waals surface area contributed by atoms with Gasteiger partial charge >= 0.3 is 0 Å². The van der Waals surface area contributed by atoms with Crippen molar-refractivity contribution < 1.29 is 4.39 Å². The summed E-state index contributed by atoms with van der Waals surface area (Å²) in [5, 5.41) is 0. The van der Waals surface area contributed by atoms with E-state index in [1.165, 1.54) is 31.7 Å². The van der Waals surface area contributed by atoms with Crippen LogP contribution in [-0.2, 0) is 6.42 Å². The third-order valence-corrected chi connectivity index (χ3v) is 4.42. The maximum atomic E-state index is 13.2. The minimum absolute atomic E-state index is 0.166. The van der Waals surface area contributed by atoms with Crippen molar-refractivity contribution in [3.8, 4) is 0 Å². The van der Waals surface area contributed by atoms with Crippen LogP contribution < -0.4 is 5.73 Å². The summed E-state index contributed by atoms with van der Waals surface area (Å²) in [5.74, 6) is 1.24. The number of hydrogen-bond acceptors (Lipinski definition) is 1. The topological polar surface area (TPSA) is 26.0 Å². The highest BCUT2D eigenvalue weighted by Crippen LogP contribution is 2.35. The van der Waals surface area contributed by atoms with E-state index in [-0.39, 0.29) is 11.4 Å².